The van der Waals surface area contributed by atoms with E-state index in [9.17, 15) is 4.39 Å². The van der Waals surface area contributed by atoms with Gasteiger partial charge in [-0.3, -0.25) is 0 Å². The Morgan fingerprint density at radius 3 is 2.56 bits per heavy atom. The molecule has 0 amide bonds. The molecule has 1 atom stereocenters. The van der Waals surface area contributed by atoms with Crippen molar-refractivity contribution in [3.8, 4) is 0 Å². The number of rotatable bonds is 1. The minimum atomic E-state index is -0.0870. The summed E-state index contributed by atoms with van der Waals surface area (Å²) in [6, 6.07) is 5.24. The van der Waals surface area contributed by atoms with E-state index in [2.05, 4.69) is 5.32 Å². The van der Waals surface area contributed by atoms with Crippen LogP contribution in [-0.2, 0) is 0 Å². The summed E-state index contributed by atoms with van der Waals surface area (Å²) in [7, 11) is 0. The molecule has 1 saturated carbocycles. The van der Waals surface area contributed by atoms with Crippen molar-refractivity contribution >= 4 is 5.69 Å². The molecular formula is C16H22FN. The lowest BCUT2D eigenvalue weighted by atomic mass is 9.77. The second-order valence-corrected chi connectivity index (χ2v) is 5.81. The van der Waals surface area contributed by atoms with Crippen molar-refractivity contribution in [2.45, 2.75) is 50.9 Å². The molecule has 1 aliphatic heterocycles. The summed E-state index contributed by atoms with van der Waals surface area (Å²) >= 11 is 0. The highest BCUT2D eigenvalue weighted by molar-refractivity contribution is 5.55. The van der Waals surface area contributed by atoms with Crippen molar-refractivity contribution in [3.63, 3.8) is 0 Å². The van der Waals surface area contributed by atoms with Crippen LogP contribution in [0.4, 0.5) is 10.1 Å². The first-order valence-corrected chi connectivity index (χ1v) is 7.38. The fourth-order valence-electron chi connectivity index (χ4n) is 3.72. The van der Waals surface area contributed by atoms with E-state index in [1.807, 2.05) is 6.07 Å². The van der Waals surface area contributed by atoms with Gasteiger partial charge in [-0.2, -0.15) is 0 Å². The molecule has 1 aromatic carbocycles. The van der Waals surface area contributed by atoms with Crippen LogP contribution in [0.3, 0.4) is 0 Å². The zero-order valence-electron chi connectivity index (χ0n) is 10.9. The van der Waals surface area contributed by atoms with E-state index < -0.39 is 0 Å². The quantitative estimate of drug-likeness (QED) is 0.709. The van der Waals surface area contributed by atoms with Gasteiger partial charge in [0.1, 0.15) is 5.82 Å². The van der Waals surface area contributed by atoms with Crippen molar-refractivity contribution in [2.24, 2.45) is 5.92 Å². The van der Waals surface area contributed by atoms with E-state index in [4.69, 9.17) is 0 Å². The first-order chi connectivity index (χ1) is 8.84. The van der Waals surface area contributed by atoms with E-state index in [0.29, 0.717) is 5.92 Å². The first kappa shape index (κ1) is 12.0. The Morgan fingerprint density at radius 1 is 1.00 bits per heavy atom. The van der Waals surface area contributed by atoms with Gasteiger partial charge in [-0.05, 0) is 54.9 Å². The average Bonchev–Trinajstić information content (AvgIpc) is 2.67. The smallest absolute Gasteiger partial charge is 0.123 e. The van der Waals surface area contributed by atoms with Crippen LogP contribution in [0.2, 0.25) is 0 Å². The molecular weight excluding hydrogens is 225 g/mol. The standard InChI is InChI=1S/C16H22FN/c17-13-7-8-16-15(11-13)14(9-10-18-16)12-5-3-1-2-4-6-12/h7-8,11-12,14,18H,1-6,9-10H2. The SMILES string of the molecule is Fc1ccc2c(c1)C(C1CCCCCC1)CCN2. The summed E-state index contributed by atoms with van der Waals surface area (Å²) in [5, 5.41) is 3.41. The normalized spacial score (nSPS) is 25.1. The Morgan fingerprint density at radius 2 is 1.78 bits per heavy atom. The van der Waals surface area contributed by atoms with Crippen LogP contribution in [0.1, 0.15) is 56.4 Å². The van der Waals surface area contributed by atoms with Crippen LogP contribution in [0.5, 0.6) is 0 Å². The highest BCUT2D eigenvalue weighted by atomic mass is 19.1. The summed E-state index contributed by atoms with van der Waals surface area (Å²) < 4.78 is 13.5. The lowest BCUT2D eigenvalue weighted by Gasteiger charge is -2.32. The third kappa shape index (κ3) is 2.38. The molecule has 1 nitrogen and oxygen atoms in total. The van der Waals surface area contributed by atoms with Crippen LogP contribution in [0, 0.1) is 11.7 Å². The maximum Gasteiger partial charge on any atom is 0.123 e. The van der Waals surface area contributed by atoms with Crippen molar-refractivity contribution in [2.75, 3.05) is 11.9 Å². The van der Waals surface area contributed by atoms with Crippen LogP contribution >= 0.6 is 0 Å². The molecule has 3 rings (SSSR count). The van der Waals surface area contributed by atoms with E-state index in [1.165, 1.54) is 50.5 Å². The second-order valence-electron chi connectivity index (χ2n) is 5.81. The van der Waals surface area contributed by atoms with Crippen LogP contribution in [-0.4, -0.2) is 6.54 Å². The van der Waals surface area contributed by atoms with Crippen LogP contribution in [0.25, 0.3) is 0 Å². The Bertz CT molecular complexity index is 408. The van der Waals surface area contributed by atoms with Crippen molar-refractivity contribution in [3.05, 3.63) is 29.6 Å². The van der Waals surface area contributed by atoms with Gasteiger partial charge < -0.3 is 5.32 Å². The average molecular weight is 247 g/mol. The topological polar surface area (TPSA) is 12.0 Å². The molecule has 2 aliphatic rings. The summed E-state index contributed by atoms with van der Waals surface area (Å²) in [6.45, 7) is 1.04. The monoisotopic (exact) mass is 247 g/mol. The lowest BCUT2D eigenvalue weighted by molar-refractivity contribution is 0.359. The number of fused-ring (bicyclic) bond motifs is 1. The van der Waals surface area contributed by atoms with E-state index in [1.54, 1.807) is 12.1 Å². The summed E-state index contributed by atoms with van der Waals surface area (Å²) in [6.07, 6.45) is 9.33. The number of benzene rings is 1. The Balaban J connectivity index is 1.87. The molecule has 0 aromatic heterocycles. The molecule has 0 spiro atoms. The highest BCUT2D eigenvalue weighted by Gasteiger charge is 2.28. The third-order valence-corrected chi connectivity index (χ3v) is 4.65. The van der Waals surface area contributed by atoms with Gasteiger partial charge in [0.15, 0.2) is 0 Å². The molecule has 1 aromatic rings. The van der Waals surface area contributed by atoms with Gasteiger partial charge >= 0.3 is 0 Å². The second kappa shape index (κ2) is 5.29. The van der Waals surface area contributed by atoms with Gasteiger partial charge in [0, 0.05) is 12.2 Å². The maximum absolute atomic E-state index is 13.5. The van der Waals surface area contributed by atoms with Gasteiger partial charge in [0.05, 0.1) is 0 Å². The largest absolute Gasteiger partial charge is 0.385 e. The van der Waals surface area contributed by atoms with Crippen molar-refractivity contribution < 1.29 is 4.39 Å². The zero-order valence-corrected chi connectivity index (χ0v) is 10.9. The van der Waals surface area contributed by atoms with Gasteiger partial charge in [0.2, 0.25) is 0 Å². The highest BCUT2D eigenvalue weighted by Crippen LogP contribution is 2.42. The number of halogens is 1. The molecule has 0 bridgehead atoms. The van der Waals surface area contributed by atoms with E-state index >= 15 is 0 Å². The lowest BCUT2D eigenvalue weighted by Crippen LogP contribution is -2.23. The molecule has 1 aliphatic carbocycles. The fourth-order valence-corrected chi connectivity index (χ4v) is 3.72. The summed E-state index contributed by atoms with van der Waals surface area (Å²) in [5.41, 5.74) is 2.39. The fraction of sp³-hybridized carbons (Fsp3) is 0.625. The zero-order chi connectivity index (χ0) is 12.4. The number of anilines is 1. The van der Waals surface area contributed by atoms with Gasteiger partial charge in [-0.15, -0.1) is 0 Å². The van der Waals surface area contributed by atoms with Gasteiger partial charge in [-0.1, -0.05) is 25.7 Å². The molecule has 1 heterocycles. The predicted octanol–water partition coefficient (Wildman–Crippen LogP) is 4.70. The predicted molar refractivity (Wildman–Crippen MR) is 73.4 cm³/mol. The van der Waals surface area contributed by atoms with Crippen molar-refractivity contribution in [1.29, 1.82) is 0 Å². The molecule has 1 fully saturated rings. The minimum Gasteiger partial charge on any atom is -0.385 e. The molecule has 1 N–H and O–H groups in total. The number of nitrogens with one attached hydrogen (secondary N) is 1. The van der Waals surface area contributed by atoms with Crippen molar-refractivity contribution in [1.82, 2.24) is 0 Å². The number of hydrogen-bond acceptors (Lipinski definition) is 1. The Hall–Kier alpha value is -1.05. The van der Waals surface area contributed by atoms with Gasteiger partial charge in [0.25, 0.3) is 0 Å². The minimum absolute atomic E-state index is 0.0870. The molecule has 18 heavy (non-hydrogen) atoms. The van der Waals surface area contributed by atoms with Crippen LogP contribution < -0.4 is 5.32 Å². The maximum atomic E-state index is 13.5. The molecule has 98 valence electrons. The molecule has 0 saturated heterocycles. The Labute approximate surface area is 109 Å². The number of hydrogen-bond donors (Lipinski definition) is 1. The van der Waals surface area contributed by atoms with Crippen LogP contribution in [0.15, 0.2) is 18.2 Å². The molecule has 0 radical (unpaired) electrons. The molecule has 1 unspecified atom stereocenters. The summed E-state index contributed by atoms with van der Waals surface area (Å²) in [5.74, 6) is 1.27. The summed E-state index contributed by atoms with van der Waals surface area (Å²) in [4.78, 5) is 0. The molecule has 2 heteroatoms. The Kier molecular flexibility index (Phi) is 3.53. The van der Waals surface area contributed by atoms with Gasteiger partial charge in [-0.25, -0.2) is 4.39 Å². The third-order valence-electron chi connectivity index (χ3n) is 4.65. The first-order valence-electron chi connectivity index (χ1n) is 7.38. The van der Waals surface area contributed by atoms with E-state index in [0.717, 1.165) is 18.2 Å². The van der Waals surface area contributed by atoms with E-state index in [-0.39, 0.29) is 5.82 Å².